The fraction of sp³-hybridized carbons (Fsp3) is 0.500. The molecule has 1 heteroatoms. The Morgan fingerprint density at radius 2 is 1.76 bits per heavy atom. The molecule has 0 aromatic rings. The van der Waals surface area contributed by atoms with Crippen molar-refractivity contribution >= 4 is 0 Å². The van der Waals surface area contributed by atoms with E-state index in [0.717, 1.165) is 6.42 Å². The van der Waals surface area contributed by atoms with Gasteiger partial charge in [-0.2, -0.15) is 0 Å². The van der Waals surface area contributed by atoms with Crippen molar-refractivity contribution in [1.29, 1.82) is 0 Å². The summed E-state index contributed by atoms with van der Waals surface area (Å²) >= 11 is 0. The minimum Gasteiger partial charge on any atom is -0.394 e. The van der Waals surface area contributed by atoms with Gasteiger partial charge in [-0.1, -0.05) is 44.6 Å². The lowest BCUT2D eigenvalue weighted by molar-refractivity contribution is 1.10. The molecule has 0 amide bonds. The van der Waals surface area contributed by atoms with Gasteiger partial charge in [-0.15, -0.1) is 0 Å². The summed E-state index contributed by atoms with van der Waals surface area (Å²) in [5.74, 6) is 0. The second-order valence-corrected chi connectivity index (χ2v) is 3.55. The van der Waals surface area contributed by atoms with Crippen LogP contribution in [0.4, 0.5) is 0 Å². The highest BCUT2D eigenvalue weighted by atomic mass is 14.8. The minimum atomic E-state index is 1.07. The Kier molecular flexibility index (Phi) is 13.7. The van der Waals surface area contributed by atoms with Crippen LogP contribution >= 0.6 is 0 Å². The van der Waals surface area contributed by atoms with Crippen molar-refractivity contribution in [2.24, 2.45) is 0 Å². The average Bonchev–Trinajstić information content (AvgIpc) is 2.36. The van der Waals surface area contributed by atoms with Crippen molar-refractivity contribution in [3.63, 3.8) is 0 Å². The first kappa shape index (κ1) is 18.1. The van der Waals surface area contributed by atoms with Crippen molar-refractivity contribution in [3.05, 3.63) is 47.2 Å². The maximum atomic E-state index is 3.02. The monoisotopic (exact) mass is 235 g/mol. The second-order valence-electron chi connectivity index (χ2n) is 3.55. The molecule has 0 aliphatic carbocycles. The molecule has 0 bridgehead atoms. The van der Waals surface area contributed by atoms with Gasteiger partial charge in [0.15, 0.2) is 0 Å². The molecule has 98 valence electrons. The lowest BCUT2D eigenvalue weighted by Gasteiger charge is -2.03. The maximum absolute atomic E-state index is 3.02. The molecular formula is C16H29N. The number of rotatable bonds is 5. The molecule has 1 N–H and O–H groups in total. The fourth-order valence-electron chi connectivity index (χ4n) is 1.22. The van der Waals surface area contributed by atoms with E-state index in [0.29, 0.717) is 0 Å². The zero-order valence-electron chi connectivity index (χ0n) is 12.6. The number of allylic oxidation sites excluding steroid dienone is 7. The summed E-state index contributed by atoms with van der Waals surface area (Å²) in [6, 6.07) is 0. The highest BCUT2D eigenvalue weighted by Gasteiger charge is 1.95. The van der Waals surface area contributed by atoms with E-state index in [-0.39, 0.29) is 0 Å². The highest BCUT2D eigenvalue weighted by Crippen LogP contribution is 2.14. The van der Waals surface area contributed by atoms with Crippen molar-refractivity contribution in [3.8, 4) is 0 Å². The van der Waals surface area contributed by atoms with Gasteiger partial charge in [0, 0.05) is 7.05 Å². The molecule has 0 atom stereocenters. The zero-order chi connectivity index (χ0) is 13.7. The Bertz CT molecular complexity index is 291. The lowest BCUT2D eigenvalue weighted by atomic mass is 10.0. The van der Waals surface area contributed by atoms with E-state index in [4.69, 9.17) is 0 Å². The average molecular weight is 235 g/mol. The molecule has 0 saturated heterocycles. The van der Waals surface area contributed by atoms with Gasteiger partial charge in [0.1, 0.15) is 0 Å². The smallest absolute Gasteiger partial charge is 0.00277 e. The molecule has 1 nitrogen and oxygen atoms in total. The Hall–Kier alpha value is -1.24. The minimum absolute atomic E-state index is 1.07. The number of hydrogen-bond acceptors (Lipinski definition) is 1. The largest absolute Gasteiger partial charge is 0.394 e. The first-order chi connectivity index (χ1) is 8.15. The van der Waals surface area contributed by atoms with Gasteiger partial charge in [-0.05, 0) is 50.6 Å². The molecule has 0 aliphatic heterocycles. The predicted octanol–water partition coefficient (Wildman–Crippen LogP) is 4.99. The van der Waals surface area contributed by atoms with E-state index in [2.05, 4.69) is 57.3 Å². The third-order valence-electron chi connectivity index (χ3n) is 2.23. The topological polar surface area (TPSA) is 12.0 Å². The molecular weight excluding hydrogens is 206 g/mol. The van der Waals surface area contributed by atoms with Gasteiger partial charge in [-0.3, -0.25) is 0 Å². The Labute approximate surface area is 108 Å². The van der Waals surface area contributed by atoms with Crippen LogP contribution in [0.2, 0.25) is 0 Å². The second kappa shape index (κ2) is 12.8. The summed E-state index contributed by atoms with van der Waals surface area (Å²) in [6.45, 7) is 12.5. The van der Waals surface area contributed by atoms with Crippen molar-refractivity contribution in [1.82, 2.24) is 5.32 Å². The predicted molar refractivity (Wildman–Crippen MR) is 81.1 cm³/mol. The van der Waals surface area contributed by atoms with Crippen LogP contribution in [0.1, 0.15) is 48.0 Å². The SMILES string of the molecule is CC.C\C=C(C)/C=C(/C=C\NC)C(\C)=C/CC. The van der Waals surface area contributed by atoms with Crippen LogP contribution in [0.25, 0.3) is 0 Å². The molecule has 0 spiro atoms. The maximum Gasteiger partial charge on any atom is 0.00277 e. The van der Waals surface area contributed by atoms with Crippen LogP contribution in [0.5, 0.6) is 0 Å². The zero-order valence-corrected chi connectivity index (χ0v) is 12.6. The van der Waals surface area contributed by atoms with Crippen LogP contribution in [0.15, 0.2) is 47.2 Å². The van der Waals surface area contributed by atoms with Crippen molar-refractivity contribution in [2.45, 2.75) is 48.0 Å². The molecule has 0 aliphatic rings. The molecule has 0 unspecified atom stereocenters. The summed E-state index contributed by atoms with van der Waals surface area (Å²) in [6.07, 6.45) is 11.7. The molecule has 0 aromatic carbocycles. The van der Waals surface area contributed by atoms with Crippen LogP contribution in [-0.2, 0) is 0 Å². The Morgan fingerprint density at radius 3 is 2.18 bits per heavy atom. The van der Waals surface area contributed by atoms with E-state index in [1.807, 2.05) is 27.1 Å². The summed E-state index contributed by atoms with van der Waals surface area (Å²) < 4.78 is 0. The van der Waals surface area contributed by atoms with E-state index in [1.165, 1.54) is 16.7 Å². The normalized spacial score (nSPS) is 13.5. The van der Waals surface area contributed by atoms with E-state index in [1.54, 1.807) is 0 Å². The first-order valence-corrected chi connectivity index (χ1v) is 6.51. The molecule has 0 radical (unpaired) electrons. The van der Waals surface area contributed by atoms with E-state index < -0.39 is 0 Å². The van der Waals surface area contributed by atoms with Crippen LogP contribution in [0, 0.1) is 0 Å². The third-order valence-corrected chi connectivity index (χ3v) is 2.23. The summed E-state index contributed by atoms with van der Waals surface area (Å²) in [5, 5.41) is 3.02. The number of hydrogen-bond donors (Lipinski definition) is 1. The van der Waals surface area contributed by atoms with Crippen LogP contribution < -0.4 is 5.32 Å². The van der Waals surface area contributed by atoms with Gasteiger partial charge in [0.2, 0.25) is 0 Å². The lowest BCUT2D eigenvalue weighted by Crippen LogP contribution is -1.93. The third kappa shape index (κ3) is 9.68. The molecule has 0 saturated carbocycles. The van der Waals surface area contributed by atoms with Crippen molar-refractivity contribution in [2.75, 3.05) is 7.05 Å². The summed E-state index contributed by atoms with van der Waals surface area (Å²) in [7, 11) is 1.91. The van der Waals surface area contributed by atoms with Crippen molar-refractivity contribution < 1.29 is 0 Å². The standard InChI is InChI=1S/C14H23N.C2H6/c1-6-8-13(4)14(9-10-15-5)11-12(3)7-2;1-2/h7-11,15H,6H2,1-5H3;1-2H3/b10-9-,12-7-,13-8-,14-11-;. The Morgan fingerprint density at radius 1 is 1.18 bits per heavy atom. The first-order valence-electron chi connectivity index (χ1n) is 6.51. The summed E-state index contributed by atoms with van der Waals surface area (Å²) in [4.78, 5) is 0. The molecule has 0 aromatic heterocycles. The highest BCUT2D eigenvalue weighted by molar-refractivity contribution is 5.42. The van der Waals surface area contributed by atoms with Gasteiger partial charge >= 0.3 is 0 Å². The fourth-order valence-corrected chi connectivity index (χ4v) is 1.22. The van der Waals surface area contributed by atoms with Crippen LogP contribution in [0.3, 0.4) is 0 Å². The molecule has 17 heavy (non-hydrogen) atoms. The van der Waals surface area contributed by atoms with Crippen LogP contribution in [-0.4, -0.2) is 7.05 Å². The van der Waals surface area contributed by atoms with Gasteiger partial charge < -0.3 is 5.32 Å². The number of nitrogens with one attached hydrogen (secondary N) is 1. The van der Waals surface area contributed by atoms with Gasteiger partial charge in [0.05, 0.1) is 0 Å². The molecule has 0 fully saturated rings. The summed E-state index contributed by atoms with van der Waals surface area (Å²) in [5.41, 5.74) is 3.88. The van der Waals surface area contributed by atoms with E-state index in [9.17, 15) is 0 Å². The molecule has 0 heterocycles. The van der Waals surface area contributed by atoms with Gasteiger partial charge in [-0.25, -0.2) is 0 Å². The van der Waals surface area contributed by atoms with Gasteiger partial charge in [0.25, 0.3) is 0 Å². The quantitative estimate of drug-likeness (QED) is 0.662. The van der Waals surface area contributed by atoms with E-state index >= 15 is 0 Å². The Balaban J connectivity index is 0. The molecule has 0 rings (SSSR count).